The zero-order chi connectivity index (χ0) is 96.6. The highest BCUT2D eigenvalue weighted by atomic mass is 32.2. The Labute approximate surface area is 797 Å². The van der Waals surface area contributed by atoms with Gasteiger partial charge in [-0.3, -0.25) is 47.9 Å². The minimum absolute atomic E-state index is 0.103. The number of benzene rings is 3. The Kier molecular flexibility index (Phi) is 31.4. The fraction of sp³-hybridized carbons (Fsp3) is 0.183. The molecule has 0 saturated carbocycles. The third-order valence-corrected chi connectivity index (χ3v) is 29.1. The van der Waals surface area contributed by atoms with Crippen molar-refractivity contribution in [2.45, 2.75) is 113 Å². The second-order valence-electron chi connectivity index (χ2n) is 30.7. The van der Waals surface area contributed by atoms with Crippen LogP contribution in [0.15, 0.2) is 169 Å². The number of nitrogen functional groups attached to an aromatic ring is 6. The maximum atomic E-state index is 13.9. The zero-order valence-electron chi connectivity index (χ0n) is 74.8. The lowest BCUT2D eigenvalue weighted by Crippen LogP contribution is -2.23. The second kappa shape index (κ2) is 43.5. The van der Waals surface area contributed by atoms with Gasteiger partial charge in [-0.2, -0.15) is 30.6 Å². The van der Waals surface area contributed by atoms with Crippen LogP contribution in [0.25, 0.3) is 61.3 Å². The number of amides is 6. The van der Waals surface area contributed by atoms with E-state index in [2.05, 4.69) is 114 Å². The fourth-order valence-corrected chi connectivity index (χ4v) is 20.0. The lowest BCUT2D eigenvalue weighted by molar-refractivity contribution is 0.0947. The van der Waals surface area contributed by atoms with E-state index >= 15 is 0 Å². The van der Waals surface area contributed by atoms with E-state index in [4.69, 9.17) is 34.4 Å². The number of pyridine rings is 3. The number of carbonyl (C=O) groups is 6. The average molecular weight is 1940 g/mol. The first-order valence-electron chi connectivity index (χ1n) is 41.3. The topological polar surface area (TPSA) is 541 Å². The van der Waals surface area contributed by atoms with Crippen molar-refractivity contribution >= 4 is 214 Å². The van der Waals surface area contributed by atoms with Gasteiger partial charge in [-0.15, -0.1) is 98.6 Å². The summed E-state index contributed by atoms with van der Waals surface area (Å²) in [6.45, 7) is 21.0. The molecule has 0 fully saturated rings. The molecule has 42 heteroatoms. The molecule has 3 aromatic carbocycles. The van der Waals surface area contributed by atoms with E-state index < -0.39 is 9.52 Å². The lowest BCUT2D eigenvalue weighted by Gasteiger charge is -2.07. The summed E-state index contributed by atoms with van der Waals surface area (Å²) in [6.07, 6.45) is 11.5. The van der Waals surface area contributed by atoms with Crippen LogP contribution in [-0.2, 0) is 48.8 Å². The monoisotopic (exact) mass is 1940 g/mol. The van der Waals surface area contributed by atoms with Gasteiger partial charge in [0.15, 0.2) is 0 Å². The molecular weight excluding hydrogens is 1850 g/mol. The fourth-order valence-electron chi connectivity index (χ4n) is 13.3. The Morgan fingerprint density at radius 1 is 0.348 bits per heavy atom. The van der Waals surface area contributed by atoms with Crippen LogP contribution in [0.4, 0.5) is 38.5 Å². The maximum absolute atomic E-state index is 13.9. The Morgan fingerprint density at radius 2 is 0.689 bits per heavy atom. The summed E-state index contributed by atoms with van der Waals surface area (Å²) in [5.41, 5.74) is 53.1. The summed E-state index contributed by atoms with van der Waals surface area (Å²) < 4.78 is 25.8. The molecule has 1 unspecified atom stereocenters. The molecule has 18 N–H and O–H groups in total. The van der Waals surface area contributed by atoms with Gasteiger partial charge in [0.1, 0.15) is 64.1 Å². The number of aryl methyl sites for hydroxylation is 10. The first-order chi connectivity index (χ1) is 64.6. The van der Waals surface area contributed by atoms with Crippen LogP contribution in [0, 0.1) is 75.1 Å². The summed E-state index contributed by atoms with van der Waals surface area (Å²) in [5.74, 6) is 1.94. The van der Waals surface area contributed by atoms with Gasteiger partial charge in [0, 0.05) is 100.0 Å². The SMILES string of the molecule is C=S(C)(=O)c1ccc(CNC(=O)c2sc3nnc(C)c(C)c3c2N)cc1.Cc1cccc(CNC(=O)c2sc3nnccc3c2N)c1.Cc1cccc(CNC(=O)c2sc3nnccc3c2N)c1F.Cc1nnc2sc(C(=O)NCc3ccccn3)c(N)c2c1C.Cc1nnc2sc(C(=O)NCc3ccccn3)c(N)c2c1C.Cc1nnc2sc(C(=O)NCc3ccncc3)c(N)c2c1C. The molecule has 0 bridgehead atoms. The number of thiophene rings is 6. The number of nitrogens with two attached hydrogens (primary N) is 6. The van der Waals surface area contributed by atoms with E-state index in [0.29, 0.717) is 147 Å². The number of carbonyl (C=O) groups excluding carboxylic acids is 6. The van der Waals surface area contributed by atoms with Gasteiger partial charge in [0.25, 0.3) is 35.4 Å². The normalized spacial score (nSPS) is 11.3. The molecule has 135 heavy (non-hydrogen) atoms. The van der Waals surface area contributed by atoms with Crippen LogP contribution in [0.3, 0.4) is 0 Å². The second-order valence-corrected chi connectivity index (χ2v) is 39.2. The number of halogens is 1. The van der Waals surface area contributed by atoms with Crippen molar-refractivity contribution in [1.82, 2.24) is 108 Å². The van der Waals surface area contributed by atoms with Gasteiger partial charge in [0.2, 0.25) is 0 Å². The number of hydrogen-bond acceptors (Lipinski definition) is 34. The number of anilines is 6. The average Bonchev–Trinajstić information content (AvgIpc) is 1.65. The van der Waals surface area contributed by atoms with Crippen LogP contribution >= 0.6 is 68.0 Å². The Hall–Kier alpha value is -15.1. The molecule has 0 spiro atoms. The molecule has 0 aliphatic rings. The number of nitrogens with zero attached hydrogens (tertiary/aromatic N) is 15. The van der Waals surface area contributed by atoms with Crippen LogP contribution in [-0.4, -0.2) is 128 Å². The van der Waals surface area contributed by atoms with E-state index in [0.717, 1.165) is 100 Å². The molecule has 18 aromatic rings. The molecule has 6 amide bonds. The minimum atomic E-state index is -2.24. The number of fused-ring (bicyclic) bond motifs is 6. The summed E-state index contributed by atoms with van der Waals surface area (Å²) in [5, 5.41) is 70.0. The number of aromatic nitrogens is 15. The highest BCUT2D eigenvalue weighted by Crippen LogP contribution is 2.40. The largest absolute Gasteiger partial charge is 0.397 e. The highest BCUT2D eigenvalue weighted by Gasteiger charge is 2.27. The molecule has 1 atom stereocenters. The van der Waals surface area contributed by atoms with Gasteiger partial charge in [0.05, 0.1) is 93.8 Å². The van der Waals surface area contributed by atoms with Crippen LogP contribution in [0.1, 0.15) is 148 Å². The van der Waals surface area contributed by atoms with Crippen molar-refractivity contribution < 1.29 is 37.4 Å². The van der Waals surface area contributed by atoms with Crippen molar-refractivity contribution in [2.75, 3.05) is 40.7 Å². The number of hydrogen-bond donors (Lipinski definition) is 12. The van der Waals surface area contributed by atoms with Gasteiger partial charge in [-0.05, 0) is 190 Å². The molecule has 0 radical (unpaired) electrons. The summed E-state index contributed by atoms with van der Waals surface area (Å²) in [4.78, 5) is 93.8. The van der Waals surface area contributed by atoms with E-state index in [1.165, 1.54) is 79.8 Å². The van der Waals surface area contributed by atoms with Gasteiger partial charge in [-0.25, -0.2) is 4.39 Å². The first kappa shape index (κ1) is 97.4. The lowest BCUT2D eigenvalue weighted by atomic mass is 10.1. The summed E-state index contributed by atoms with van der Waals surface area (Å²) in [6, 6.07) is 38.6. The molecule has 0 aliphatic carbocycles. The van der Waals surface area contributed by atoms with Crippen LogP contribution in [0.2, 0.25) is 0 Å². The predicted octanol–water partition coefficient (Wildman–Crippen LogP) is 14.3. The quantitative estimate of drug-likeness (QED) is 0.0335. The molecule has 18 rings (SSSR count). The first-order valence-corrected chi connectivity index (χ1v) is 48.3. The van der Waals surface area contributed by atoms with E-state index in [-0.39, 0.29) is 47.8 Å². The van der Waals surface area contributed by atoms with Crippen molar-refractivity contribution in [2.24, 2.45) is 0 Å². The molecule has 0 aliphatic heterocycles. The van der Waals surface area contributed by atoms with Crippen molar-refractivity contribution in [3.63, 3.8) is 0 Å². The van der Waals surface area contributed by atoms with Gasteiger partial charge >= 0.3 is 0 Å². The van der Waals surface area contributed by atoms with Gasteiger partial charge < -0.3 is 66.3 Å². The Balaban J connectivity index is 0.000000137. The molecular formula is C93H92FN27O7S7. The van der Waals surface area contributed by atoms with Crippen molar-refractivity contribution in [1.29, 1.82) is 0 Å². The smallest absolute Gasteiger partial charge is 0.263 e. The summed E-state index contributed by atoms with van der Waals surface area (Å²) >= 11 is 7.45. The zero-order valence-corrected chi connectivity index (χ0v) is 80.5. The molecule has 690 valence electrons. The molecule has 15 heterocycles. The molecule has 15 aromatic heterocycles. The van der Waals surface area contributed by atoms with E-state index in [1.54, 1.807) is 86.6 Å². The van der Waals surface area contributed by atoms with Crippen LogP contribution in [0.5, 0.6) is 0 Å². The molecule has 34 nitrogen and oxygen atoms in total. The maximum Gasteiger partial charge on any atom is 0.263 e. The minimum Gasteiger partial charge on any atom is -0.397 e. The number of rotatable bonds is 19. The Morgan fingerprint density at radius 3 is 1.04 bits per heavy atom. The van der Waals surface area contributed by atoms with Crippen molar-refractivity contribution in [3.8, 4) is 0 Å². The predicted molar refractivity (Wildman–Crippen MR) is 537 cm³/mol. The third-order valence-electron chi connectivity index (χ3n) is 21.3. The third kappa shape index (κ3) is 23.2. The van der Waals surface area contributed by atoms with Crippen molar-refractivity contribution in [3.05, 3.63) is 289 Å². The van der Waals surface area contributed by atoms with E-state index in [9.17, 15) is 37.4 Å². The Bertz CT molecular complexity index is 7270. The van der Waals surface area contributed by atoms with Gasteiger partial charge in [-0.1, -0.05) is 72.3 Å². The standard InChI is InChI=1S/C18H20N4O2S2.C15H13FN4OS.3C15H15N5OS.C15H14N4OS/c1-10-11(2)21-22-18-14(10)15(19)16(25-18)17(23)20-9-12-5-7-13(8-6-12)26(3,4)24;1-8-3-2-4-9(11(8)16)7-18-14(21)13-12(17)10-5-6-19-20-15(10)22-13;1-8-9(2)19-20-15-11(8)12(16)13(22-15)14(21)18-7-10-3-5-17-6-4-10;2*1-8-9(2)19-20-15-11(8)12(16)13(22-15)14(21)18-7-10-5-3-4-6-17-10;1-9-3-2-4-10(7-9)8-17-14(20)13-12(16)11-5-6-18-19-15(11)21-13/h5-8H,3,9,19H2,1-2,4H3,(H,20,23);2-6H,7,17H2,1H3,(H,18,21);3*3-6H,7,16H2,1-2H3,(H,18,21);2-7H,8,16H2,1H3,(H,17,20). The van der Waals surface area contributed by atoms with Crippen LogP contribution < -0.4 is 66.3 Å². The van der Waals surface area contributed by atoms with E-state index in [1.807, 2.05) is 147 Å². The highest BCUT2D eigenvalue weighted by molar-refractivity contribution is 7.99. The summed E-state index contributed by atoms with van der Waals surface area (Å²) in [7, 11) is -2.24. The molecule has 0 saturated heterocycles. The number of nitrogens with one attached hydrogen (secondary N) is 6.